The van der Waals surface area contributed by atoms with Gasteiger partial charge in [0.05, 0.1) is 6.20 Å². The number of rotatable bonds is 4. The molecule has 0 atom stereocenters. The van der Waals surface area contributed by atoms with Crippen LogP contribution in [0.2, 0.25) is 0 Å². The summed E-state index contributed by atoms with van der Waals surface area (Å²) in [6, 6.07) is 12.1. The number of fused-ring (bicyclic) bond motifs is 1. The molecule has 1 aromatic carbocycles. The molecule has 1 aliphatic carbocycles. The first-order valence-electron chi connectivity index (χ1n) is 10.4. The summed E-state index contributed by atoms with van der Waals surface area (Å²) in [4.78, 5) is 17.1. The number of hydrogen-bond acceptors (Lipinski definition) is 4. The van der Waals surface area contributed by atoms with Gasteiger partial charge in [-0.15, -0.1) is 5.10 Å². The quantitative estimate of drug-likeness (QED) is 0.655. The molecule has 2 aromatic heterocycles. The van der Waals surface area contributed by atoms with E-state index in [1.165, 1.54) is 37.7 Å². The van der Waals surface area contributed by atoms with Gasteiger partial charge in [0.15, 0.2) is 11.5 Å². The fourth-order valence-corrected chi connectivity index (χ4v) is 3.79. The summed E-state index contributed by atoms with van der Waals surface area (Å²) in [7, 11) is 0. The van der Waals surface area contributed by atoms with Crippen LogP contribution in [-0.4, -0.2) is 26.5 Å². The maximum absolute atomic E-state index is 12.6. The van der Waals surface area contributed by atoms with Gasteiger partial charge in [0, 0.05) is 11.6 Å². The SMILES string of the molecule is CC(C)(C)c1ccc(C(=O)Nc2cn3nc(NC4CCCCC4)ccc3n2)cc1. The normalized spacial score (nSPS) is 15.4. The zero-order chi connectivity index (χ0) is 20.4. The highest BCUT2D eigenvalue weighted by Crippen LogP contribution is 2.23. The van der Waals surface area contributed by atoms with Crippen molar-refractivity contribution in [3.63, 3.8) is 0 Å². The lowest BCUT2D eigenvalue weighted by molar-refractivity contribution is 0.102. The van der Waals surface area contributed by atoms with Gasteiger partial charge >= 0.3 is 0 Å². The number of carbonyl (C=O) groups is 1. The molecule has 1 aliphatic rings. The third-order valence-electron chi connectivity index (χ3n) is 5.53. The molecule has 0 saturated heterocycles. The number of hydrogen-bond donors (Lipinski definition) is 2. The van der Waals surface area contributed by atoms with Crippen molar-refractivity contribution in [3.8, 4) is 0 Å². The molecule has 2 heterocycles. The van der Waals surface area contributed by atoms with Gasteiger partial charge in [0.2, 0.25) is 0 Å². The van der Waals surface area contributed by atoms with Gasteiger partial charge in [0.25, 0.3) is 5.91 Å². The van der Waals surface area contributed by atoms with Crippen molar-refractivity contribution < 1.29 is 4.79 Å². The number of imidazole rings is 1. The molecule has 0 radical (unpaired) electrons. The molecule has 0 unspecified atom stereocenters. The zero-order valence-electron chi connectivity index (χ0n) is 17.4. The molecule has 6 heteroatoms. The lowest BCUT2D eigenvalue weighted by Crippen LogP contribution is -2.23. The lowest BCUT2D eigenvalue weighted by atomic mass is 9.87. The topological polar surface area (TPSA) is 71.3 Å². The van der Waals surface area contributed by atoms with Crippen molar-refractivity contribution in [2.24, 2.45) is 0 Å². The molecular weight excluding hydrogens is 362 g/mol. The van der Waals surface area contributed by atoms with Crippen LogP contribution in [-0.2, 0) is 5.41 Å². The van der Waals surface area contributed by atoms with Gasteiger partial charge in [-0.2, -0.15) is 0 Å². The highest BCUT2D eigenvalue weighted by atomic mass is 16.1. The van der Waals surface area contributed by atoms with Crippen LogP contribution < -0.4 is 10.6 Å². The van der Waals surface area contributed by atoms with Crippen LogP contribution in [0.3, 0.4) is 0 Å². The Labute approximate surface area is 171 Å². The molecule has 0 aliphatic heterocycles. The van der Waals surface area contributed by atoms with Crippen LogP contribution >= 0.6 is 0 Å². The van der Waals surface area contributed by atoms with Crippen LogP contribution in [0.4, 0.5) is 11.6 Å². The van der Waals surface area contributed by atoms with E-state index in [0.29, 0.717) is 23.1 Å². The summed E-state index contributed by atoms with van der Waals surface area (Å²) in [6.45, 7) is 6.47. The Balaban J connectivity index is 1.45. The molecule has 1 fully saturated rings. The largest absolute Gasteiger partial charge is 0.366 e. The molecule has 6 nitrogen and oxygen atoms in total. The molecule has 29 heavy (non-hydrogen) atoms. The summed E-state index contributed by atoms with van der Waals surface area (Å²) >= 11 is 0. The predicted octanol–water partition coefficient (Wildman–Crippen LogP) is 5.02. The van der Waals surface area contributed by atoms with E-state index in [2.05, 4.69) is 41.5 Å². The highest BCUT2D eigenvalue weighted by molar-refractivity contribution is 6.03. The number of carbonyl (C=O) groups excluding carboxylic acids is 1. The van der Waals surface area contributed by atoms with E-state index in [4.69, 9.17) is 0 Å². The molecule has 3 aromatic rings. The van der Waals surface area contributed by atoms with E-state index in [9.17, 15) is 4.79 Å². The van der Waals surface area contributed by atoms with Crippen LogP contribution in [0.5, 0.6) is 0 Å². The molecule has 1 saturated carbocycles. The van der Waals surface area contributed by atoms with Crippen molar-refractivity contribution in [2.45, 2.75) is 64.3 Å². The summed E-state index contributed by atoms with van der Waals surface area (Å²) in [6.07, 6.45) is 8.02. The van der Waals surface area contributed by atoms with E-state index < -0.39 is 0 Å². The number of benzene rings is 1. The minimum absolute atomic E-state index is 0.0612. The number of nitrogens with one attached hydrogen (secondary N) is 2. The Bertz CT molecular complexity index is 994. The predicted molar refractivity (Wildman–Crippen MR) is 117 cm³/mol. The molecule has 4 rings (SSSR count). The van der Waals surface area contributed by atoms with Crippen LogP contribution in [0.15, 0.2) is 42.6 Å². The first-order chi connectivity index (χ1) is 13.9. The summed E-state index contributed by atoms with van der Waals surface area (Å²) in [5.41, 5.74) is 2.58. The number of amides is 1. The Morgan fingerprint density at radius 1 is 1.00 bits per heavy atom. The van der Waals surface area contributed by atoms with Gasteiger partial charge in [0.1, 0.15) is 5.82 Å². The minimum Gasteiger partial charge on any atom is -0.366 e. The molecule has 1 amide bonds. The minimum atomic E-state index is -0.172. The van der Waals surface area contributed by atoms with Crippen molar-refractivity contribution in [3.05, 3.63) is 53.7 Å². The first kappa shape index (κ1) is 19.4. The summed E-state index contributed by atoms with van der Waals surface area (Å²) < 4.78 is 1.71. The van der Waals surface area contributed by atoms with Gasteiger partial charge < -0.3 is 10.6 Å². The van der Waals surface area contributed by atoms with Gasteiger partial charge in [-0.05, 0) is 48.1 Å². The second-order valence-corrected chi connectivity index (χ2v) is 8.91. The van der Waals surface area contributed by atoms with Gasteiger partial charge in [-0.25, -0.2) is 9.50 Å². The highest BCUT2D eigenvalue weighted by Gasteiger charge is 2.16. The van der Waals surface area contributed by atoms with Gasteiger partial charge in [-0.3, -0.25) is 4.79 Å². The fourth-order valence-electron chi connectivity index (χ4n) is 3.79. The van der Waals surface area contributed by atoms with E-state index in [1.54, 1.807) is 10.7 Å². The molecular formula is C23H29N5O. The maximum Gasteiger partial charge on any atom is 0.256 e. The average molecular weight is 392 g/mol. The van der Waals surface area contributed by atoms with Gasteiger partial charge in [-0.1, -0.05) is 52.2 Å². The first-order valence-corrected chi connectivity index (χ1v) is 10.4. The fraction of sp³-hybridized carbons (Fsp3) is 0.435. The van der Waals surface area contributed by atoms with E-state index in [1.807, 2.05) is 36.4 Å². The van der Waals surface area contributed by atoms with E-state index in [-0.39, 0.29) is 11.3 Å². The van der Waals surface area contributed by atoms with Crippen molar-refractivity contribution in [2.75, 3.05) is 10.6 Å². The van der Waals surface area contributed by atoms with Crippen LogP contribution in [0, 0.1) is 0 Å². The van der Waals surface area contributed by atoms with Crippen LogP contribution in [0.1, 0.15) is 68.8 Å². The van der Waals surface area contributed by atoms with Crippen molar-refractivity contribution >= 4 is 23.2 Å². The van der Waals surface area contributed by atoms with E-state index in [0.717, 1.165) is 5.82 Å². The second kappa shape index (κ2) is 7.85. The molecule has 0 bridgehead atoms. The third-order valence-corrected chi connectivity index (χ3v) is 5.53. The summed E-state index contributed by atoms with van der Waals surface area (Å²) in [5, 5.41) is 11.0. The van der Waals surface area contributed by atoms with Crippen molar-refractivity contribution in [1.82, 2.24) is 14.6 Å². The van der Waals surface area contributed by atoms with E-state index >= 15 is 0 Å². The Morgan fingerprint density at radius 2 is 1.72 bits per heavy atom. The standard InChI is InChI=1S/C23H29N5O/c1-23(2,3)17-11-9-16(10-12-17)22(29)26-20-15-28-21(25-20)14-13-19(27-28)24-18-7-5-4-6-8-18/h9-15,18H,4-8H2,1-3H3,(H,24,27)(H,26,29). The Hall–Kier alpha value is -2.89. The Kier molecular flexibility index (Phi) is 5.26. The molecule has 152 valence electrons. The third kappa shape index (κ3) is 4.58. The zero-order valence-corrected chi connectivity index (χ0v) is 17.4. The lowest BCUT2D eigenvalue weighted by Gasteiger charge is -2.23. The molecule has 2 N–H and O–H groups in total. The van der Waals surface area contributed by atoms with Crippen molar-refractivity contribution in [1.29, 1.82) is 0 Å². The maximum atomic E-state index is 12.6. The summed E-state index contributed by atoms with van der Waals surface area (Å²) in [5.74, 6) is 1.17. The second-order valence-electron chi connectivity index (χ2n) is 8.91. The smallest absolute Gasteiger partial charge is 0.256 e. The van der Waals surface area contributed by atoms with Crippen LogP contribution in [0.25, 0.3) is 5.65 Å². The average Bonchev–Trinajstić information content (AvgIpc) is 3.09. The monoisotopic (exact) mass is 391 g/mol. The molecule has 0 spiro atoms. The number of nitrogens with zero attached hydrogens (tertiary/aromatic N) is 3. The number of aromatic nitrogens is 3. The Morgan fingerprint density at radius 3 is 2.41 bits per heavy atom. The number of anilines is 2.